The molecule has 1 heterocycles. The highest BCUT2D eigenvalue weighted by Crippen LogP contribution is 2.49. The molecule has 102 valence electrons. The summed E-state index contributed by atoms with van der Waals surface area (Å²) >= 11 is 0. The molecule has 1 saturated carbocycles. The summed E-state index contributed by atoms with van der Waals surface area (Å²) in [6, 6.07) is 3.85. The summed E-state index contributed by atoms with van der Waals surface area (Å²) in [5, 5.41) is 13.1. The lowest BCUT2D eigenvalue weighted by Crippen LogP contribution is -2.29. The van der Waals surface area contributed by atoms with Crippen LogP contribution in [-0.2, 0) is 6.54 Å². The van der Waals surface area contributed by atoms with E-state index in [0.29, 0.717) is 13.0 Å². The van der Waals surface area contributed by atoms with Crippen molar-refractivity contribution in [2.75, 3.05) is 18.0 Å². The fraction of sp³-hybridized carbons (Fsp3) is 0.643. The van der Waals surface area contributed by atoms with Crippen LogP contribution in [-0.4, -0.2) is 22.9 Å². The Hall–Kier alpha value is -1.83. The normalized spacial score (nSPS) is 15.8. The van der Waals surface area contributed by atoms with Crippen molar-refractivity contribution in [1.82, 2.24) is 9.78 Å². The molecule has 2 rings (SSSR count). The second-order valence-electron chi connectivity index (χ2n) is 5.22. The molecule has 1 fully saturated rings. The van der Waals surface area contributed by atoms with E-state index in [0.717, 1.165) is 31.6 Å². The van der Waals surface area contributed by atoms with Crippen molar-refractivity contribution in [2.45, 2.75) is 39.7 Å². The van der Waals surface area contributed by atoms with Crippen LogP contribution in [0.25, 0.3) is 0 Å². The van der Waals surface area contributed by atoms with E-state index in [1.54, 1.807) is 12.3 Å². The van der Waals surface area contributed by atoms with Gasteiger partial charge >= 0.3 is 0 Å². The summed E-state index contributed by atoms with van der Waals surface area (Å²) < 4.78 is 1.50. The summed E-state index contributed by atoms with van der Waals surface area (Å²) in [6.07, 6.45) is 4.30. The zero-order valence-electron chi connectivity index (χ0n) is 11.6. The van der Waals surface area contributed by atoms with E-state index in [4.69, 9.17) is 5.26 Å². The molecular formula is C14H20N4O. The van der Waals surface area contributed by atoms with Gasteiger partial charge in [-0.2, -0.15) is 10.4 Å². The van der Waals surface area contributed by atoms with Gasteiger partial charge in [-0.3, -0.25) is 4.79 Å². The van der Waals surface area contributed by atoms with Crippen molar-refractivity contribution >= 4 is 5.69 Å². The number of rotatable bonds is 6. The fourth-order valence-electron chi connectivity index (χ4n) is 2.36. The van der Waals surface area contributed by atoms with Crippen molar-refractivity contribution in [3.8, 4) is 6.07 Å². The molecule has 0 aliphatic heterocycles. The molecule has 1 aliphatic rings. The summed E-state index contributed by atoms with van der Waals surface area (Å²) in [6.45, 7) is 6.40. The van der Waals surface area contributed by atoms with Gasteiger partial charge in [-0.15, -0.1) is 0 Å². The summed E-state index contributed by atoms with van der Waals surface area (Å²) in [4.78, 5) is 14.2. The van der Waals surface area contributed by atoms with Crippen LogP contribution < -0.4 is 10.5 Å². The third kappa shape index (κ3) is 2.95. The SMILES string of the molecule is CCN(CC)c1cnn(CC2(CC#N)CC2)c(=O)c1. The zero-order valence-corrected chi connectivity index (χ0v) is 11.6. The van der Waals surface area contributed by atoms with E-state index >= 15 is 0 Å². The predicted molar refractivity (Wildman–Crippen MR) is 74.0 cm³/mol. The van der Waals surface area contributed by atoms with Crippen molar-refractivity contribution in [3.05, 3.63) is 22.6 Å². The second kappa shape index (κ2) is 5.43. The molecule has 0 spiro atoms. The molecule has 0 saturated heterocycles. The van der Waals surface area contributed by atoms with Gasteiger partial charge in [0.05, 0.1) is 24.5 Å². The smallest absolute Gasteiger partial charge is 0.268 e. The molecule has 1 aliphatic carbocycles. The Morgan fingerprint density at radius 1 is 1.47 bits per heavy atom. The monoisotopic (exact) mass is 260 g/mol. The van der Waals surface area contributed by atoms with Crippen LogP contribution in [0.15, 0.2) is 17.1 Å². The minimum absolute atomic E-state index is 0.00227. The molecular weight excluding hydrogens is 240 g/mol. The molecule has 5 heteroatoms. The molecule has 0 radical (unpaired) electrons. The standard InChI is InChI=1S/C14H20N4O/c1-3-17(4-2)12-9-13(19)18(16-10-12)11-14(5-6-14)7-8-15/h9-10H,3-7,11H2,1-2H3. The summed E-state index contributed by atoms with van der Waals surface area (Å²) in [7, 11) is 0. The fourth-order valence-corrected chi connectivity index (χ4v) is 2.36. The minimum atomic E-state index is -0.0754. The average Bonchev–Trinajstić information content (AvgIpc) is 3.14. The number of anilines is 1. The number of nitrogens with zero attached hydrogens (tertiary/aromatic N) is 4. The van der Waals surface area contributed by atoms with Gasteiger partial charge in [0.25, 0.3) is 5.56 Å². The Balaban J connectivity index is 2.16. The first-order chi connectivity index (χ1) is 9.14. The third-order valence-electron chi connectivity index (χ3n) is 3.88. The Morgan fingerprint density at radius 2 is 2.16 bits per heavy atom. The molecule has 0 aromatic carbocycles. The molecule has 0 N–H and O–H groups in total. The predicted octanol–water partition coefficient (Wildman–Crippen LogP) is 1.78. The zero-order chi connectivity index (χ0) is 13.9. The lowest BCUT2D eigenvalue weighted by atomic mass is 10.0. The van der Waals surface area contributed by atoms with Crippen LogP contribution in [0.4, 0.5) is 5.69 Å². The number of aromatic nitrogens is 2. The van der Waals surface area contributed by atoms with Crippen molar-refractivity contribution in [1.29, 1.82) is 5.26 Å². The number of nitriles is 1. The first-order valence-corrected chi connectivity index (χ1v) is 6.83. The van der Waals surface area contributed by atoms with E-state index in [9.17, 15) is 4.79 Å². The molecule has 19 heavy (non-hydrogen) atoms. The maximum atomic E-state index is 12.1. The summed E-state index contributed by atoms with van der Waals surface area (Å²) in [5.41, 5.74) is 0.799. The second-order valence-corrected chi connectivity index (χ2v) is 5.22. The van der Waals surface area contributed by atoms with Crippen molar-refractivity contribution in [2.24, 2.45) is 5.41 Å². The largest absolute Gasteiger partial charge is 0.371 e. The highest BCUT2D eigenvalue weighted by molar-refractivity contribution is 5.42. The van der Waals surface area contributed by atoms with Crippen LogP contribution >= 0.6 is 0 Å². The van der Waals surface area contributed by atoms with Gasteiger partial charge < -0.3 is 4.90 Å². The highest BCUT2D eigenvalue weighted by atomic mass is 16.1. The molecule has 0 bridgehead atoms. The van der Waals surface area contributed by atoms with Gasteiger partial charge in [-0.05, 0) is 26.7 Å². The molecule has 5 nitrogen and oxygen atoms in total. The maximum Gasteiger partial charge on any atom is 0.268 e. The topological polar surface area (TPSA) is 61.9 Å². The lowest BCUT2D eigenvalue weighted by Gasteiger charge is -2.21. The average molecular weight is 260 g/mol. The Morgan fingerprint density at radius 3 is 2.63 bits per heavy atom. The Bertz CT molecular complexity index is 535. The first-order valence-electron chi connectivity index (χ1n) is 6.83. The van der Waals surface area contributed by atoms with Crippen LogP contribution in [0.3, 0.4) is 0 Å². The molecule has 1 aromatic rings. The van der Waals surface area contributed by atoms with E-state index in [1.165, 1.54) is 4.68 Å². The highest BCUT2D eigenvalue weighted by Gasteiger charge is 2.43. The van der Waals surface area contributed by atoms with Gasteiger partial charge in [0.2, 0.25) is 0 Å². The van der Waals surface area contributed by atoms with Gasteiger partial charge in [-0.1, -0.05) is 0 Å². The summed E-state index contributed by atoms with van der Waals surface area (Å²) in [5.74, 6) is 0. The third-order valence-corrected chi connectivity index (χ3v) is 3.88. The van der Waals surface area contributed by atoms with Crippen molar-refractivity contribution < 1.29 is 0 Å². The van der Waals surface area contributed by atoms with Gasteiger partial charge in [0, 0.05) is 31.0 Å². The van der Waals surface area contributed by atoms with E-state index < -0.39 is 0 Å². The van der Waals surface area contributed by atoms with Crippen LogP contribution in [0, 0.1) is 16.7 Å². The lowest BCUT2D eigenvalue weighted by molar-refractivity contribution is 0.391. The first kappa shape index (κ1) is 13.6. The Kier molecular flexibility index (Phi) is 3.89. The van der Waals surface area contributed by atoms with Crippen LogP contribution in [0.1, 0.15) is 33.1 Å². The molecule has 1 aromatic heterocycles. The van der Waals surface area contributed by atoms with Gasteiger partial charge in [0.1, 0.15) is 0 Å². The minimum Gasteiger partial charge on any atom is -0.371 e. The molecule has 0 atom stereocenters. The van der Waals surface area contributed by atoms with E-state index in [1.807, 2.05) is 0 Å². The van der Waals surface area contributed by atoms with Crippen molar-refractivity contribution in [3.63, 3.8) is 0 Å². The Labute approximate surface area is 113 Å². The maximum absolute atomic E-state index is 12.1. The van der Waals surface area contributed by atoms with Gasteiger partial charge in [0.15, 0.2) is 0 Å². The van der Waals surface area contributed by atoms with E-state index in [2.05, 4.69) is 29.9 Å². The van der Waals surface area contributed by atoms with Crippen LogP contribution in [0.5, 0.6) is 0 Å². The van der Waals surface area contributed by atoms with Crippen LogP contribution in [0.2, 0.25) is 0 Å². The number of hydrogen-bond acceptors (Lipinski definition) is 4. The van der Waals surface area contributed by atoms with Gasteiger partial charge in [-0.25, -0.2) is 4.68 Å². The van der Waals surface area contributed by atoms with E-state index in [-0.39, 0.29) is 11.0 Å². The quantitative estimate of drug-likeness (QED) is 0.782. The number of hydrogen-bond donors (Lipinski definition) is 0. The molecule has 0 unspecified atom stereocenters. The molecule has 0 amide bonds.